The van der Waals surface area contributed by atoms with Crippen LogP contribution in [-0.4, -0.2) is 49.3 Å². The Hall–Kier alpha value is -0.120. The molecule has 3 nitrogen and oxygen atoms in total. The first-order valence-corrected chi connectivity index (χ1v) is 8.62. The molecule has 2 unspecified atom stereocenters. The normalized spacial score (nSPS) is 31.9. The van der Waals surface area contributed by atoms with Crippen LogP contribution in [0.1, 0.15) is 53.4 Å². The SMILES string of the molecule is CCC1CN(CCOCCC(C)C)C(C)(C2CC2)CN1. The van der Waals surface area contributed by atoms with Gasteiger partial charge in [0.1, 0.15) is 0 Å². The smallest absolute Gasteiger partial charge is 0.0593 e. The standard InChI is InChI=1S/C17H34N2O/c1-5-16-12-19(9-11-20-10-8-14(2)3)17(4,13-18-16)15-6-7-15/h14-16,18H,5-13H2,1-4H3. The Balaban J connectivity index is 1.78. The zero-order valence-corrected chi connectivity index (χ0v) is 14.0. The first-order chi connectivity index (χ1) is 9.56. The molecule has 0 aromatic carbocycles. The van der Waals surface area contributed by atoms with Gasteiger partial charge in [0.25, 0.3) is 0 Å². The van der Waals surface area contributed by atoms with Gasteiger partial charge in [-0.1, -0.05) is 20.8 Å². The highest BCUT2D eigenvalue weighted by Gasteiger charge is 2.47. The van der Waals surface area contributed by atoms with Crippen LogP contribution in [0, 0.1) is 11.8 Å². The van der Waals surface area contributed by atoms with E-state index in [0.29, 0.717) is 11.6 Å². The molecule has 1 aliphatic carbocycles. The van der Waals surface area contributed by atoms with Gasteiger partial charge in [-0.25, -0.2) is 0 Å². The van der Waals surface area contributed by atoms with Crippen molar-refractivity contribution in [2.45, 2.75) is 65.0 Å². The van der Waals surface area contributed by atoms with Crippen molar-refractivity contribution >= 4 is 0 Å². The molecule has 1 N–H and O–H groups in total. The molecule has 0 amide bonds. The molecule has 0 bridgehead atoms. The molecule has 1 saturated carbocycles. The monoisotopic (exact) mass is 282 g/mol. The molecule has 1 saturated heterocycles. The lowest BCUT2D eigenvalue weighted by atomic mass is 9.89. The Morgan fingerprint density at radius 2 is 2.05 bits per heavy atom. The molecular weight excluding hydrogens is 248 g/mol. The lowest BCUT2D eigenvalue weighted by Gasteiger charge is -2.48. The zero-order valence-electron chi connectivity index (χ0n) is 14.0. The Bertz CT molecular complexity index is 291. The average molecular weight is 282 g/mol. The summed E-state index contributed by atoms with van der Waals surface area (Å²) in [4.78, 5) is 2.71. The second-order valence-electron chi connectivity index (χ2n) is 7.36. The molecule has 20 heavy (non-hydrogen) atoms. The number of nitrogens with zero attached hydrogens (tertiary/aromatic N) is 1. The number of hydrogen-bond donors (Lipinski definition) is 1. The molecule has 1 heterocycles. The van der Waals surface area contributed by atoms with Crippen LogP contribution >= 0.6 is 0 Å². The summed E-state index contributed by atoms with van der Waals surface area (Å²) in [5.74, 6) is 1.65. The Labute approximate surface area is 125 Å². The van der Waals surface area contributed by atoms with Crippen molar-refractivity contribution < 1.29 is 4.74 Å². The largest absolute Gasteiger partial charge is 0.380 e. The number of rotatable bonds is 8. The van der Waals surface area contributed by atoms with E-state index in [1.807, 2.05) is 0 Å². The fraction of sp³-hybridized carbons (Fsp3) is 1.00. The van der Waals surface area contributed by atoms with Gasteiger partial charge in [0.2, 0.25) is 0 Å². The summed E-state index contributed by atoms with van der Waals surface area (Å²) >= 11 is 0. The molecule has 2 aliphatic rings. The lowest BCUT2D eigenvalue weighted by Crippen LogP contribution is -2.64. The molecular formula is C17H34N2O. The summed E-state index contributed by atoms with van der Waals surface area (Å²) in [6, 6.07) is 0.664. The first-order valence-electron chi connectivity index (χ1n) is 8.62. The highest BCUT2D eigenvalue weighted by molar-refractivity contribution is 5.04. The van der Waals surface area contributed by atoms with E-state index in [9.17, 15) is 0 Å². The lowest BCUT2D eigenvalue weighted by molar-refractivity contribution is 0.00520. The summed E-state index contributed by atoms with van der Waals surface area (Å²) in [5.41, 5.74) is 0.368. The maximum atomic E-state index is 5.85. The van der Waals surface area contributed by atoms with Crippen molar-refractivity contribution in [2.24, 2.45) is 11.8 Å². The van der Waals surface area contributed by atoms with Crippen LogP contribution < -0.4 is 5.32 Å². The van der Waals surface area contributed by atoms with Gasteiger partial charge in [0.15, 0.2) is 0 Å². The van der Waals surface area contributed by atoms with E-state index in [1.165, 1.54) is 32.2 Å². The van der Waals surface area contributed by atoms with Crippen LogP contribution in [0.25, 0.3) is 0 Å². The van der Waals surface area contributed by atoms with Crippen molar-refractivity contribution in [1.82, 2.24) is 10.2 Å². The highest BCUT2D eigenvalue weighted by Crippen LogP contribution is 2.43. The molecule has 3 heteroatoms. The Kier molecular flexibility index (Phi) is 5.88. The minimum Gasteiger partial charge on any atom is -0.380 e. The van der Waals surface area contributed by atoms with Gasteiger partial charge in [0, 0.05) is 37.8 Å². The topological polar surface area (TPSA) is 24.5 Å². The predicted molar refractivity (Wildman–Crippen MR) is 85.1 cm³/mol. The van der Waals surface area contributed by atoms with Gasteiger partial charge in [-0.15, -0.1) is 0 Å². The molecule has 2 rings (SSSR count). The molecule has 0 aromatic heterocycles. The minimum absolute atomic E-state index is 0.368. The number of hydrogen-bond acceptors (Lipinski definition) is 3. The summed E-state index contributed by atoms with van der Waals surface area (Å²) in [7, 11) is 0. The fourth-order valence-corrected chi connectivity index (χ4v) is 3.33. The van der Waals surface area contributed by atoms with Gasteiger partial charge >= 0.3 is 0 Å². The highest BCUT2D eigenvalue weighted by atomic mass is 16.5. The molecule has 2 atom stereocenters. The first kappa shape index (κ1) is 16.3. The summed E-state index contributed by atoms with van der Waals surface area (Å²) in [5, 5.41) is 3.74. The van der Waals surface area contributed by atoms with E-state index in [4.69, 9.17) is 4.74 Å². The van der Waals surface area contributed by atoms with Crippen LogP contribution in [0.2, 0.25) is 0 Å². The van der Waals surface area contributed by atoms with Crippen molar-refractivity contribution in [3.05, 3.63) is 0 Å². The van der Waals surface area contributed by atoms with E-state index < -0.39 is 0 Å². The second kappa shape index (κ2) is 7.24. The van der Waals surface area contributed by atoms with Crippen LogP contribution in [-0.2, 0) is 4.74 Å². The van der Waals surface area contributed by atoms with Crippen molar-refractivity contribution in [1.29, 1.82) is 0 Å². The molecule has 0 spiro atoms. The molecule has 2 fully saturated rings. The predicted octanol–water partition coefficient (Wildman–Crippen LogP) is 2.90. The molecule has 0 aromatic rings. The third-order valence-electron chi connectivity index (χ3n) is 5.21. The number of nitrogens with one attached hydrogen (secondary N) is 1. The third kappa shape index (κ3) is 4.19. The molecule has 0 radical (unpaired) electrons. The fourth-order valence-electron chi connectivity index (χ4n) is 3.33. The van der Waals surface area contributed by atoms with Crippen molar-refractivity contribution in [2.75, 3.05) is 32.8 Å². The maximum Gasteiger partial charge on any atom is 0.0593 e. The number of ether oxygens (including phenoxy) is 1. The minimum atomic E-state index is 0.368. The third-order valence-corrected chi connectivity index (χ3v) is 5.21. The van der Waals surface area contributed by atoms with E-state index in [1.54, 1.807) is 0 Å². The van der Waals surface area contributed by atoms with Gasteiger partial charge in [-0.2, -0.15) is 0 Å². The summed E-state index contributed by atoms with van der Waals surface area (Å²) in [6.45, 7) is 14.5. The van der Waals surface area contributed by atoms with Gasteiger partial charge in [-0.3, -0.25) is 4.90 Å². The van der Waals surface area contributed by atoms with E-state index >= 15 is 0 Å². The zero-order chi connectivity index (χ0) is 14.6. The quantitative estimate of drug-likeness (QED) is 0.693. The van der Waals surface area contributed by atoms with Crippen LogP contribution in [0.3, 0.4) is 0 Å². The maximum absolute atomic E-state index is 5.85. The van der Waals surface area contributed by atoms with Gasteiger partial charge in [0.05, 0.1) is 6.61 Å². The Morgan fingerprint density at radius 1 is 1.30 bits per heavy atom. The van der Waals surface area contributed by atoms with Crippen LogP contribution in [0.4, 0.5) is 0 Å². The molecule has 118 valence electrons. The average Bonchev–Trinajstić information content (AvgIpc) is 3.24. The summed E-state index contributed by atoms with van der Waals surface area (Å²) < 4.78 is 5.85. The van der Waals surface area contributed by atoms with E-state index in [-0.39, 0.29) is 0 Å². The summed E-state index contributed by atoms with van der Waals surface area (Å²) in [6.07, 6.45) is 5.24. The number of piperazine rings is 1. The van der Waals surface area contributed by atoms with Gasteiger partial charge in [-0.05, 0) is 44.4 Å². The van der Waals surface area contributed by atoms with Gasteiger partial charge < -0.3 is 10.1 Å². The second-order valence-corrected chi connectivity index (χ2v) is 7.36. The van der Waals surface area contributed by atoms with E-state index in [0.717, 1.165) is 38.1 Å². The van der Waals surface area contributed by atoms with Crippen LogP contribution in [0.5, 0.6) is 0 Å². The Morgan fingerprint density at radius 3 is 2.65 bits per heavy atom. The van der Waals surface area contributed by atoms with Crippen molar-refractivity contribution in [3.8, 4) is 0 Å². The molecule has 1 aliphatic heterocycles. The van der Waals surface area contributed by atoms with Crippen molar-refractivity contribution in [3.63, 3.8) is 0 Å². The van der Waals surface area contributed by atoms with E-state index in [2.05, 4.69) is 37.9 Å². The van der Waals surface area contributed by atoms with Crippen LogP contribution in [0.15, 0.2) is 0 Å².